The summed E-state index contributed by atoms with van der Waals surface area (Å²) in [7, 11) is 0. The molecule has 3 aromatic carbocycles. The Balaban J connectivity index is 1.60. The van der Waals surface area contributed by atoms with Crippen molar-refractivity contribution in [2.45, 2.75) is 32.5 Å². The molecule has 3 aromatic rings. The SMILES string of the molecule is CC1(C)Cc2c(OCc3ccccc3)ccc(C(=O)/C=C/c3ccccc3)c2O1. The van der Waals surface area contributed by atoms with Crippen molar-refractivity contribution in [2.75, 3.05) is 0 Å². The lowest BCUT2D eigenvalue weighted by molar-refractivity contribution is 0.103. The lowest BCUT2D eigenvalue weighted by Crippen LogP contribution is -2.25. The number of allylic oxidation sites excluding steroid dienone is 1. The molecular formula is C26H24O3. The van der Waals surface area contributed by atoms with Crippen molar-refractivity contribution in [3.05, 3.63) is 101 Å². The standard InChI is InChI=1S/C26H24O3/c1-26(2)17-22-24(28-18-20-11-7-4-8-12-20)16-14-21(25(22)29-26)23(27)15-13-19-9-5-3-6-10-19/h3-16H,17-18H2,1-2H3/b15-13+. The average Bonchev–Trinajstić information content (AvgIpc) is 3.07. The van der Waals surface area contributed by atoms with E-state index < -0.39 is 0 Å². The highest BCUT2D eigenvalue weighted by molar-refractivity contribution is 6.09. The molecule has 0 atom stereocenters. The first-order valence-corrected chi connectivity index (χ1v) is 9.81. The largest absolute Gasteiger partial charge is 0.488 e. The summed E-state index contributed by atoms with van der Waals surface area (Å²) in [6.45, 7) is 4.54. The summed E-state index contributed by atoms with van der Waals surface area (Å²) in [5.41, 5.74) is 3.26. The van der Waals surface area contributed by atoms with Gasteiger partial charge in [-0.05, 0) is 43.2 Å². The van der Waals surface area contributed by atoms with E-state index in [1.54, 1.807) is 12.1 Å². The second-order valence-corrected chi connectivity index (χ2v) is 7.84. The van der Waals surface area contributed by atoms with Crippen molar-refractivity contribution in [3.8, 4) is 11.5 Å². The van der Waals surface area contributed by atoms with Crippen LogP contribution in [-0.4, -0.2) is 11.4 Å². The van der Waals surface area contributed by atoms with Gasteiger partial charge in [-0.3, -0.25) is 4.79 Å². The molecule has 0 N–H and O–H groups in total. The monoisotopic (exact) mass is 384 g/mol. The fourth-order valence-electron chi connectivity index (χ4n) is 3.52. The quantitative estimate of drug-likeness (QED) is 0.393. The molecule has 29 heavy (non-hydrogen) atoms. The molecule has 146 valence electrons. The molecule has 0 saturated carbocycles. The Morgan fingerprint density at radius 2 is 1.69 bits per heavy atom. The molecule has 3 heteroatoms. The van der Waals surface area contributed by atoms with E-state index in [1.165, 1.54) is 0 Å². The predicted octanol–water partition coefficient (Wildman–Crippen LogP) is 5.88. The van der Waals surface area contributed by atoms with Crippen LogP contribution >= 0.6 is 0 Å². The Morgan fingerprint density at radius 1 is 1.00 bits per heavy atom. The molecule has 1 heterocycles. The predicted molar refractivity (Wildman–Crippen MR) is 115 cm³/mol. The number of benzene rings is 3. The van der Waals surface area contributed by atoms with Crippen LogP contribution in [0.5, 0.6) is 11.5 Å². The summed E-state index contributed by atoms with van der Waals surface area (Å²) in [6, 6.07) is 23.5. The molecular weight excluding hydrogens is 360 g/mol. The highest BCUT2D eigenvalue weighted by Gasteiger charge is 2.35. The van der Waals surface area contributed by atoms with Crippen LogP contribution in [0.3, 0.4) is 0 Å². The van der Waals surface area contributed by atoms with Crippen molar-refractivity contribution < 1.29 is 14.3 Å². The summed E-state index contributed by atoms with van der Waals surface area (Å²) < 4.78 is 12.2. The lowest BCUT2D eigenvalue weighted by Gasteiger charge is -2.17. The summed E-state index contributed by atoms with van der Waals surface area (Å²) in [5.74, 6) is 1.35. The van der Waals surface area contributed by atoms with Gasteiger partial charge in [-0.2, -0.15) is 0 Å². The lowest BCUT2D eigenvalue weighted by atomic mass is 9.98. The Kier molecular flexibility index (Phi) is 5.22. The second kappa shape index (κ2) is 7.96. The van der Waals surface area contributed by atoms with Crippen molar-refractivity contribution in [1.82, 2.24) is 0 Å². The highest BCUT2D eigenvalue weighted by Crippen LogP contribution is 2.43. The molecule has 0 amide bonds. The first-order chi connectivity index (χ1) is 14.0. The third kappa shape index (κ3) is 4.40. The maximum atomic E-state index is 12.9. The van der Waals surface area contributed by atoms with Crippen LogP contribution in [0.2, 0.25) is 0 Å². The van der Waals surface area contributed by atoms with Crippen molar-refractivity contribution >= 4 is 11.9 Å². The summed E-state index contributed by atoms with van der Waals surface area (Å²) >= 11 is 0. The van der Waals surface area contributed by atoms with Gasteiger partial charge in [0.15, 0.2) is 5.78 Å². The van der Waals surface area contributed by atoms with Gasteiger partial charge in [0.25, 0.3) is 0 Å². The summed E-state index contributed by atoms with van der Waals surface area (Å²) in [4.78, 5) is 12.9. The molecule has 0 spiro atoms. The van der Waals surface area contributed by atoms with Gasteiger partial charge in [-0.1, -0.05) is 66.7 Å². The van der Waals surface area contributed by atoms with Crippen LogP contribution in [0.4, 0.5) is 0 Å². The number of ether oxygens (including phenoxy) is 2. The van der Waals surface area contributed by atoms with Gasteiger partial charge >= 0.3 is 0 Å². The third-order valence-corrected chi connectivity index (χ3v) is 4.93. The van der Waals surface area contributed by atoms with E-state index in [0.29, 0.717) is 24.3 Å². The molecule has 3 nitrogen and oxygen atoms in total. The number of carbonyl (C=O) groups excluding carboxylic acids is 1. The number of hydrogen-bond acceptors (Lipinski definition) is 3. The van der Waals surface area contributed by atoms with E-state index in [4.69, 9.17) is 9.47 Å². The van der Waals surface area contributed by atoms with Gasteiger partial charge < -0.3 is 9.47 Å². The van der Waals surface area contributed by atoms with Crippen LogP contribution in [0.15, 0.2) is 78.9 Å². The molecule has 4 rings (SSSR count). The molecule has 0 saturated heterocycles. The number of ketones is 1. The number of carbonyl (C=O) groups is 1. The molecule has 0 aromatic heterocycles. The average molecular weight is 384 g/mol. The fraction of sp³-hybridized carbons (Fsp3) is 0.192. The van der Waals surface area contributed by atoms with Crippen molar-refractivity contribution in [3.63, 3.8) is 0 Å². The van der Waals surface area contributed by atoms with Gasteiger partial charge in [0.2, 0.25) is 0 Å². The number of fused-ring (bicyclic) bond motifs is 1. The first kappa shape index (κ1) is 19.0. The molecule has 0 unspecified atom stereocenters. The zero-order valence-electron chi connectivity index (χ0n) is 16.7. The normalized spacial score (nSPS) is 14.4. The maximum Gasteiger partial charge on any atom is 0.189 e. The van der Waals surface area contributed by atoms with E-state index in [9.17, 15) is 4.79 Å². The Morgan fingerprint density at radius 3 is 2.41 bits per heavy atom. The van der Waals surface area contributed by atoms with E-state index in [-0.39, 0.29) is 11.4 Å². The molecule has 1 aliphatic rings. The van der Waals surface area contributed by atoms with Crippen LogP contribution in [-0.2, 0) is 13.0 Å². The first-order valence-electron chi connectivity index (χ1n) is 9.81. The van der Waals surface area contributed by atoms with Gasteiger partial charge in [-0.15, -0.1) is 0 Å². The maximum absolute atomic E-state index is 12.9. The van der Waals surface area contributed by atoms with Gasteiger partial charge in [0.1, 0.15) is 23.7 Å². The second-order valence-electron chi connectivity index (χ2n) is 7.84. The zero-order valence-corrected chi connectivity index (χ0v) is 16.7. The minimum absolute atomic E-state index is 0.0718. The summed E-state index contributed by atoms with van der Waals surface area (Å²) in [6.07, 6.45) is 4.13. The third-order valence-electron chi connectivity index (χ3n) is 4.93. The molecule has 0 aliphatic carbocycles. The minimum atomic E-state index is -0.368. The minimum Gasteiger partial charge on any atom is -0.488 e. The van der Waals surface area contributed by atoms with Gasteiger partial charge in [0, 0.05) is 12.0 Å². The summed E-state index contributed by atoms with van der Waals surface area (Å²) in [5, 5.41) is 0. The van der Waals surface area contributed by atoms with Crippen LogP contribution in [0.25, 0.3) is 6.08 Å². The molecule has 0 bridgehead atoms. The molecule has 0 fully saturated rings. The van der Waals surface area contributed by atoms with Crippen LogP contribution < -0.4 is 9.47 Å². The number of hydrogen-bond donors (Lipinski definition) is 0. The van der Waals surface area contributed by atoms with Crippen molar-refractivity contribution in [1.29, 1.82) is 0 Å². The van der Waals surface area contributed by atoms with Gasteiger partial charge in [-0.25, -0.2) is 0 Å². The van der Waals surface area contributed by atoms with E-state index in [1.807, 2.05) is 86.7 Å². The Hall–Kier alpha value is -3.33. The fourth-order valence-corrected chi connectivity index (χ4v) is 3.52. The topological polar surface area (TPSA) is 35.5 Å². The van der Waals surface area contributed by atoms with Crippen LogP contribution in [0.1, 0.15) is 40.9 Å². The van der Waals surface area contributed by atoms with Crippen LogP contribution in [0, 0.1) is 0 Å². The Labute approximate surface area is 171 Å². The zero-order chi connectivity index (χ0) is 20.3. The van der Waals surface area contributed by atoms with E-state index in [2.05, 4.69) is 0 Å². The van der Waals surface area contributed by atoms with E-state index >= 15 is 0 Å². The highest BCUT2D eigenvalue weighted by atomic mass is 16.5. The molecule has 0 radical (unpaired) electrons. The smallest absolute Gasteiger partial charge is 0.189 e. The molecule has 1 aliphatic heterocycles. The van der Waals surface area contributed by atoms with E-state index in [0.717, 1.165) is 22.4 Å². The van der Waals surface area contributed by atoms with Gasteiger partial charge in [0.05, 0.1) is 5.56 Å². The number of rotatable bonds is 6. The Bertz CT molecular complexity index is 1030. The van der Waals surface area contributed by atoms with Crippen molar-refractivity contribution in [2.24, 2.45) is 0 Å².